The number of aromatic nitrogens is 2. The van der Waals surface area contributed by atoms with Crippen LogP contribution in [0.5, 0.6) is 11.5 Å². The molecule has 1 aliphatic heterocycles. The van der Waals surface area contributed by atoms with E-state index in [4.69, 9.17) is 14.6 Å². The Morgan fingerprint density at radius 1 is 1.09 bits per heavy atom. The minimum absolute atomic E-state index is 0.115. The van der Waals surface area contributed by atoms with Gasteiger partial charge in [-0.15, -0.1) is 0 Å². The second-order valence-electron chi connectivity index (χ2n) is 9.46. The Morgan fingerprint density at radius 3 is 2.41 bits per heavy atom. The zero-order valence-electron chi connectivity index (χ0n) is 21.1. The number of carbonyl (C=O) groups is 1. The molecule has 1 amide bonds. The summed E-state index contributed by atoms with van der Waals surface area (Å²) in [6, 6.07) is 14.1. The molecule has 4 rings (SSSR count). The molecule has 1 atom stereocenters. The van der Waals surface area contributed by atoms with Crippen LogP contribution in [0.15, 0.2) is 42.5 Å². The molecule has 0 fully saturated rings. The molecule has 1 unspecified atom stereocenters. The number of ether oxygens (including phenoxy) is 2. The van der Waals surface area contributed by atoms with E-state index in [1.807, 2.05) is 40.8 Å². The topological polar surface area (TPSA) is 56.6 Å². The third-order valence-electron chi connectivity index (χ3n) is 6.71. The molecule has 2 heterocycles. The van der Waals surface area contributed by atoms with Crippen molar-refractivity contribution in [1.82, 2.24) is 14.7 Å². The summed E-state index contributed by atoms with van der Waals surface area (Å²) < 4.78 is 13.2. The molecule has 2 aromatic carbocycles. The Labute approximate surface area is 202 Å². The van der Waals surface area contributed by atoms with Gasteiger partial charge in [-0.1, -0.05) is 44.2 Å². The van der Waals surface area contributed by atoms with E-state index in [0.29, 0.717) is 24.6 Å². The summed E-state index contributed by atoms with van der Waals surface area (Å²) in [7, 11) is 3.30. The van der Waals surface area contributed by atoms with E-state index >= 15 is 0 Å². The van der Waals surface area contributed by atoms with Crippen LogP contribution in [0.1, 0.15) is 53.5 Å². The number of benzene rings is 2. The smallest absolute Gasteiger partial charge is 0.227 e. The fourth-order valence-electron chi connectivity index (χ4n) is 4.98. The second kappa shape index (κ2) is 9.92. The van der Waals surface area contributed by atoms with Gasteiger partial charge in [-0.2, -0.15) is 5.10 Å². The van der Waals surface area contributed by atoms with E-state index in [-0.39, 0.29) is 11.9 Å². The fourth-order valence-corrected chi connectivity index (χ4v) is 4.98. The van der Waals surface area contributed by atoms with Crippen LogP contribution in [0.4, 0.5) is 0 Å². The summed E-state index contributed by atoms with van der Waals surface area (Å²) in [4.78, 5) is 15.8. The predicted molar refractivity (Wildman–Crippen MR) is 133 cm³/mol. The Morgan fingerprint density at radius 2 is 1.76 bits per heavy atom. The van der Waals surface area contributed by atoms with Gasteiger partial charge in [-0.05, 0) is 55.0 Å². The number of amides is 1. The molecule has 0 spiro atoms. The lowest BCUT2D eigenvalue weighted by Crippen LogP contribution is -2.41. The van der Waals surface area contributed by atoms with Crippen LogP contribution >= 0.6 is 0 Å². The van der Waals surface area contributed by atoms with E-state index in [9.17, 15) is 4.79 Å². The summed E-state index contributed by atoms with van der Waals surface area (Å²) in [5, 5.41) is 4.72. The molecule has 34 heavy (non-hydrogen) atoms. The number of methoxy groups -OCH3 is 2. The lowest BCUT2D eigenvalue weighted by molar-refractivity contribution is -0.132. The van der Waals surface area contributed by atoms with Crippen LogP contribution in [0.2, 0.25) is 0 Å². The molecule has 0 N–H and O–H groups in total. The lowest BCUT2D eigenvalue weighted by Gasteiger charge is -2.38. The number of carbonyl (C=O) groups excluding carboxylic acids is 1. The molecule has 1 aromatic heterocycles. The largest absolute Gasteiger partial charge is 0.493 e. The number of aryl methyl sites for hydroxylation is 1. The molecular weight excluding hydrogens is 426 g/mol. The van der Waals surface area contributed by atoms with Crippen LogP contribution in [0.25, 0.3) is 0 Å². The summed E-state index contributed by atoms with van der Waals surface area (Å²) in [6.45, 7) is 9.94. The fraction of sp³-hybridized carbons (Fsp3) is 0.429. The third kappa shape index (κ3) is 4.54. The predicted octanol–water partition coefficient (Wildman–Crippen LogP) is 4.89. The minimum atomic E-state index is -0.177. The number of fused-ring (bicyclic) bond motifs is 1. The average molecular weight is 462 g/mol. The molecule has 0 aliphatic carbocycles. The van der Waals surface area contributed by atoms with E-state index < -0.39 is 0 Å². The highest BCUT2D eigenvalue weighted by atomic mass is 16.5. The first-order valence-corrected chi connectivity index (χ1v) is 12.0. The zero-order valence-corrected chi connectivity index (χ0v) is 21.1. The maximum absolute atomic E-state index is 13.8. The standard InChI is InChI=1S/C28H35N3O3/c1-18(2)17-31-20(4)23(19(3)29-31)16-27(32)30-13-12-22-14-25(33-5)26(34-6)15-24(22)28(30)21-10-8-7-9-11-21/h7-11,14-15,18,28H,12-13,16-17H2,1-6H3. The molecule has 1 aliphatic rings. The van der Waals surface area contributed by atoms with Crippen molar-refractivity contribution >= 4 is 5.91 Å². The van der Waals surface area contributed by atoms with E-state index in [1.165, 1.54) is 5.56 Å². The van der Waals surface area contributed by atoms with Crippen LogP contribution in [0, 0.1) is 19.8 Å². The van der Waals surface area contributed by atoms with Crippen molar-refractivity contribution < 1.29 is 14.3 Å². The first-order valence-electron chi connectivity index (χ1n) is 12.0. The molecular formula is C28H35N3O3. The van der Waals surface area contributed by atoms with E-state index in [2.05, 4.69) is 39.0 Å². The van der Waals surface area contributed by atoms with E-state index in [1.54, 1.807) is 14.2 Å². The maximum Gasteiger partial charge on any atom is 0.227 e. The summed E-state index contributed by atoms with van der Waals surface area (Å²) in [5.41, 5.74) is 6.43. The van der Waals surface area contributed by atoms with Gasteiger partial charge in [0.2, 0.25) is 5.91 Å². The summed E-state index contributed by atoms with van der Waals surface area (Å²) in [5.74, 6) is 2.01. The van der Waals surface area contributed by atoms with Crippen LogP contribution in [-0.2, 0) is 24.2 Å². The molecule has 6 nitrogen and oxygen atoms in total. The lowest BCUT2D eigenvalue weighted by atomic mass is 9.87. The van der Waals surface area contributed by atoms with Gasteiger partial charge in [0.25, 0.3) is 0 Å². The zero-order chi connectivity index (χ0) is 24.4. The number of rotatable bonds is 7. The van der Waals surface area contributed by atoms with Gasteiger partial charge in [0.05, 0.1) is 32.4 Å². The Hall–Kier alpha value is -3.28. The highest BCUT2D eigenvalue weighted by Crippen LogP contribution is 2.41. The summed E-state index contributed by atoms with van der Waals surface area (Å²) in [6.07, 6.45) is 1.12. The molecule has 180 valence electrons. The highest BCUT2D eigenvalue weighted by molar-refractivity contribution is 5.81. The van der Waals surface area contributed by atoms with Crippen molar-refractivity contribution in [1.29, 1.82) is 0 Å². The SMILES string of the molecule is COc1cc2c(cc1OC)C(c1ccccc1)N(C(=O)Cc1c(C)nn(CC(C)C)c1C)CC2. The van der Waals surface area contributed by atoms with Gasteiger partial charge in [-0.3, -0.25) is 9.48 Å². The number of hydrogen-bond acceptors (Lipinski definition) is 4. The quantitative estimate of drug-likeness (QED) is 0.503. The monoisotopic (exact) mass is 461 g/mol. The van der Waals surface area contributed by atoms with Gasteiger partial charge < -0.3 is 14.4 Å². The molecule has 6 heteroatoms. The first-order chi connectivity index (χ1) is 16.3. The Bertz CT molecular complexity index is 1170. The highest BCUT2D eigenvalue weighted by Gasteiger charge is 2.34. The summed E-state index contributed by atoms with van der Waals surface area (Å²) >= 11 is 0. The van der Waals surface area contributed by atoms with Crippen molar-refractivity contribution in [2.45, 2.75) is 53.1 Å². The van der Waals surface area contributed by atoms with Gasteiger partial charge in [0.15, 0.2) is 11.5 Å². The van der Waals surface area contributed by atoms with Crippen LogP contribution in [-0.4, -0.2) is 41.4 Å². The van der Waals surface area contributed by atoms with Crippen molar-refractivity contribution in [3.8, 4) is 11.5 Å². The van der Waals surface area contributed by atoms with Gasteiger partial charge in [0, 0.05) is 24.3 Å². The third-order valence-corrected chi connectivity index (χ3v) is 6.71. The molecule has 0 saturated heterocycles. The second-order valence-corrected chi connectivity index (χ2v) is 9.46. The van der Waals surface area contributed by atoms with Crippen molar-refractivity contribution in [3.63, 3.8) is 0 Å². The van der Waals surface area contributed by atoms with E-state index in [0.717, 1.165) is 46.8 Å². The average Bonchev–Trinajstić information content (AvgIpc) is 3.09. The van der Waals surface area contributed by atoms with Crippen LogP contribution < -0.4 is 9.47 Å². The number of nitrogens with zero attached hydrogens (tertiary/aromatic N) is 3. The normalized spacial score (nSPS) is 15.4. The Kier molecular flexibility index (Phi) is 6.96. The maximum atomic E-state index is 13.8. The molecule has 0 saturated carbocycles. The van der Waals surface area contributed by atoms with Crippen molar-refractivity contribution in [3.05, 3.63) is 76.1 Å². The first kappa shape index (κ1) is 23.9. The van der Waals surface area contributed by atoms with Crippen LogP contribution in [0.3, 0.4) is 0 Å². The Balaban J connectivity index is 1.72. The van der Waals surface area contributed by atoms with Crippen molar-refractivity contribution in [2.75, 3.05) is 20.8 Å². The molecule has 3 aromatic rings. The van der Waals surface area contributed by atoms with Gasteiger partial charge in [-0.25, -0.2) is 0 Å². The van der Waals surface area contributed by atoms with Crippen molar-refractivity contribution in [2.24, 2.45) is 5.92 Å². The minimum Gasteiger partial charge on any atom is -0.493 e. The molecule has 0 radical (unpaired) electrons. The van der Waals surface area contributed by atoms with Gasteiger partial charge >= 0.3 is 0 Å². The number of hydrogen-bond donors (Lipinski definition) is 0. The molecule has 0 bridgehead atoms. The van der Waals surface area contributed by atoms with Gasteiger partial charge in [0.1, 0.15) is 0 Å².